The molecule has 3 aromatic rings. The molecular formula is C10H8N4OS. The van der Waals surface area contributed by atoms with Crippen LogP contribution in [0.25, 0.3) is 10.9 Å². The summed E-state index contributed by atoms with van der Waals surface area (Å²) in [6, 6.07) is 8.00. The van der Waals surface area contributed by atoms with Gasteiger partial charge in [0.25, 0.3) is 0 Å². The van der Waals surface area contributed by atoms with E-state index in [9.17, 15) is 0 Å². The van der Waals surface area contributed by atoms with Crippen LogP contribution in [-0.4, -0.2) is 14.5 Å². The fraction of sp³-hybridized carbons (Fsp3) is 0.100. The number of nitrogens with zero attached hydrogens (tertiary/aromatic N) is 3. The largest absolute Gasteiger partial charge is 0.368 e. The van der Waals surface area contributed by atoms with Crippen molar-refractivity contribution in [3.8, 4) is 0 Å². The van der Waals surface area contributed by atoms with Gasteiger partial charge >= 0.3 is 0 Å². The van der Waals surface area contributed by atoms with Gasteiger partial charge in [0.15, 0.2) is 5.82 Å². The van der Waals surface area contributed by atoms with Crippen LogP contribution < -0.4 is 5.32 Å². The lowest BCUT2D eigenvalue weighted by Crippen LogP contribution is -1.99. The van der Waals surface area contributed by atoms with Crippen molar-refractivity contribution in [3.63, 3.8) is 0 Å². The van der Waals surface area contributed by atoms with Crippen molar-refractivity contribution in [1.29, 1.82) is 0 Å². The molecule has 0 aliphatic carbocycles. The Morgan fingerprint density at radius 3 is 3.12 bits per heavy atom. The number of fused-ring (bicyclic) bond motifs is 1. The van der Waals surface area contributed by atoms with Crippen LogP contribution in [0.4, 0.5) is 5.00 Å². The van der Waals surface area contributed by atoms with Crippen molar-refractivity contribution in [3.05, 3.63) is 36.5 Å². The average Bonchev–Trinajstić information content (AvgIpc) is 2.96. The molecule has 0 bridgehead atoms. The fourth-order valence-electron chi connectivity index (χ4n) is 1.45. The van der Waals surface area contributed by atoms with Crippen LogP contribution in [0.1, 0.15) is 5.82 Å². The first-order chi connectivity index (χ1) is 7.93. The number of hydrogen-bond donors (Lipinski definition) is 1. The molecule has 0 spiro atoms. The molecule has 16 heavy (non-hydrogen) atoms. The van der Waals surface area contributed by atoms with E-state index in [2.05, 4.69) is 24.4 Å². The summed E-state index contributed by atoms with van der Waals surface area (Å²) in [7, 11) is 0. The van der Waals surface area contributed by atoms with Gasteiger partial charge in [-0.1, -0.05) is 17.3 Å². The van der Waals surface area contributed by atoms with E-state index in [0.717, 1.165) is 15.9 Å². The van der Waals surface area contributed by atoms with Gasteiger partial charge in [-0.3, -0.25) is 0 Å². The maximum atomic E-state index is 4.66. The first kappa shape index (κ1) is 9.29. The second-order valence-corrected chi connectivity index (χ2v) is 4.00. The first-order valence-corrected chi connectivity index (χ1v) is 5.54. The van der Waals surface area contributed by atoms with Gasteiger partial charge in [-0.05, 0) is 23.7 Å². The number of rotatable bonds is 3. The van der Waals surface area contributed by atoms with Crippen LogP contribution in [0, 0.1) is 0 Å². The van der Waals surface area contributed by atoms with Gasteiger partial charge in [-0.15, -0.1) is 0 Å². The molecule has 0 radical (unpaired) electrons. The molecule has 6 heteroatoms. The molecule has 0 amide bonds. The number of anilines is 1. The van der Waals surface area contributed by atoms with E-state index in [-0.39, 0.29) is 0 Å². The van der Waals surface area contributed by atoms with E-state index in [0.29, 0.717) is 12.4 Å². The third-order valence-electron chi connectivity index (χ3n) is 2.20. The number of nitrogens with one attached hydrogen (secondary N) is 1. The molecule has 0 fully saturated rings. The molecule has 2 heterocycles. The highest BCUT2D eigenvalue weighted by Gasteiger charge is 2.05. The lowest BCUT2D eigenvalue weighted by molar-refractivity contribution is 0.411. The van der Waals surface area contributed by atoms with E-state index in [4.69, 9.17) is 0 Å². The summed E-state index contributed by atoms with van der Waals surface area (Å²) < 4.78 is 8.99. The Bertz CT molecular complexity index is 590. The predicted octanol–water partition coefficient (Wildman–Crippen LogP) is 2.29. The summed E-state index contributed by atoms with van der Waals surface area (Å²) in [5.41, 5.74) is 1.00. The number of hydrogen-bond acceptors (Lipinski definition) is 6. The fourth-order valence-corrected chi connectivity index (χ4v) is 2.20. The minimum Gasteiger partial charge on any atom is -0.368 e. The third kappa shape index (κ3) is 1.63. The minimum absolute atomic E-state index is 0.544. The summed E-state index contributed by atoms with van der Waals surface area (Å²) in [6.45, 7) is 0.544. The van der Waals surface area contributed by atoms with Crippen LogP contribution >= 0.6 is 11.5 Å². The average molecular weight is 232 g/mol. The maximum Gasteiger partial charge on any atom is 0.213 e. The van der Waals surface area contributed by atoms with E-state index in [1.165, 1.54) is 17.9 Å². The van der Waals surface area contributed by atoms with Crippen molar-refractivity contribution in [2.24, 2.45) is 0 Å². The summed E-state index contributed by atoms with van der Waals surface area (Å²) in [6.07, 6.45) is 1.32. The zero-order valence-electron chi connectivity index (χ0n) is 8.25. The Hall–Kier alpha value is -1.95. The standard InChI is InChI=1S/C10H8N4OS/c1-2-4-8-7(3-1)10(16-14-8)11-5-9-12-6-15-13-9/h1-4,6,11H,5H2. The van der Waals surface area contributed by atoms with Gasteiger partial charge in [0.05, 0.1) is 12.1 Å². The first-order valence-electron chi connectivity index (χ1n) is 4.77. The molecule has 0 saturated heterocycles. The van der Waals surface area contributed by atoms with E-state index < -0.39 is 0 Å². The number of aromatic nitrogens is 3. The zero-order valence-corrected chi connectivity index (χ0v) is 9.07. The van der Waals surface area contributed by atoms with Crippen LogP contribution in [0.3, 0.4) is 0 Å². The van der Waals surface area contributed by atoms with Crippen LogP contribution in [0.2, 0.25) is 0 Å². The SMILES string of the molecule is c1ccc2c(NCc3ncon3)snc2c1. The Kier molecular flexibility index (Phi) is 2.26. The molecule has 2 aromatic heterocycles. The van der Waals surface area contributed by atoms with Crippen LogP contribution in [0.5, 0.6) is 0 Å². The van der Waals surface area contributed by atoms with Gasteiger partial charge in [0, 0.05) is 5.39 Å². The van der Waals surface area contributed by atoms with Gasteiger partial charge in [0.2, 0.25) is 6.39 Å². The van der Waals surface area contributed by atoms with Crippen molar-refractivity contribution in [2.45, 2.75) is 6.54 Å². The smallest absolute Gasteiger partial charge is 0.213 e. The van der Waals surface area contributed by atoms with E-state index in [1.54, 1.807) is 0 Å². The molecule has 80 valence electrons. The molecular weight excluding hydrogens is 224 g/mol. The molecule has 0 aliphatic heterocycles. The van der Waals surface area contributed by atoms with Crippen molar-refractivity contribution in [1.82, 2.24) is 14.5 Å². The lowest BCUT2D eigenvalue weighted by Gasteiger charge is -1.98. The monoisotopic (exact) mass is 232 g/mol. The summed E-state index contributed by atoms with van der Waals surface area (Å²) in [5.74, 6) is 0.637. The molecule has 0 saturated carbocycles. The normalized spacial score (nSPS) is 10.8. The van der Waals surface area contributed by atoms with Crippen LogP contribution in [0.15, 0.2) is 35.2 Å². The molecule has 5 nitrogen and oxygen atoms in total. The van der Waals surface area contributed by atoms with Gasteiger partial charge in [0.1, 0.15) is 5.00 Å². The predicted molar refractivity (Wildman–Crippen MR) is 61.2 cm³/mol. The van der Waals surface area contributed by atoms with Gasteiger partial charge in [-0.25, -0.2) is 0 Å². The van der Waals surface area contributed by atoms with Crippen molar-refractivity contribution < 1.29 is 4.52 Å². The molecule has 1 aromatic carbocycles. The van der Waals surface area contributed by atoms with Crippen molar-refractivity contribution >= 4 is 27.4 Å². The topological polar surface area (TPSA) is 63.8 Å². The molecule has 3 rings (SSSR count). The van der Waals surface area contributed by atoms with Gasteiger partial charge < -0.3 is 9.84 Å². The quantitative estimate of drug-likeness (QED) is 0.750. The third-order valence-corrected chi connectivity index (χ3v) is 3.03. The molecule has 0 aliphatic rings. The van der Waals surface area contributed by atoms with E-state index >= 15 is 0 Å². The minimum atomic E-state index is 0.544. The Morgan fingerprint density at radius 1 is 1.31 bits per heavy atom. The Morgan fingerprint density at radius 2 is 2.25 bits per heavy atom. The lowest BCUT2D eigenvalue weighted by atomic mass is 10.2. The van der Waals surface area contributed by atoms with Crippen LogP contribution in [-0.2, 0) is 6.54 Å². The summed E-state index contributed by atoms with van der Waals surface area (Å²) in [4.78, 5) is 3.94. The molecule has 1 N–H and O–H groups in total. The van der Waals surface area contributed by atoms with E-state index in [1.807, 2.05) is 24.3 Å². The highest BCUT2D eigenvalue weighted by Crippen LogP contribution is 2.27. The maximum absolute atomic E-state index is 4.66. The Balaban J connectivity index is 1.84. The number of benzene rings is 1. The highest BCUT2D eigenvalue weighted by atomic mass is 32.1. The second-order valence-electron chi connectivity index (χ2n) is 3.23. The Labute approximate surface area is 95.3 Å². The van der Waals surface area contributed by atoms with Crippen molar-refractivity contribution in [2.75, 3.05) is 5.32 Å². The molecule has 0 unspecified atom stereocenters. The van der Waals surface area contributed by atoms with Gasteiger partial charge in [-0.2, -0.15) is 9.36 Å². The second kappa shape index (κ2) is 3.90. The zero-order chi connectivity index (χ0) is 10.8. The molecule has 0 atom stereocenters. The highest BCUT2D eigenvalue weighted by molar-refractivity contribution is 7.11. The summed E-state index contributed by atoms with van der Waals surface area (Å²) in [5, 5.41) is 9.12. The summed E-state index contributed by atoms with van der Waals surface area (Å²) >= 11 is 1.44.